The highest BCUT2D eigenvalue weighted by molar-refractivity contribution is 5.96. The van der Waals surface area contributed by atoms with Crippen molar-refractivity contribution in [1.29, 1.82) is 0 Å². The number of Topliss-reactive ketones (excluding diaryl/α,β-unsaturated/α-hetero) is 1. The Morgan fingerprint density at radius 1 is 1.12 bits per heavy atom. The Hall–Kier alpha value is -1.64. The van der Waals surface area contributed by atoms with Crippen LogP contribution in [0.25, 0.3) is 0 Å². The summed E-state index contributed by atoms with van der Waals surface area (Å²) < 4.78 is 5.23. The van der Waals surface area contributed by atoms with Crippen LogP contribution in [0, 0.1) is 29.6 Å². The molecule has 0 spiro atoms. The molecule has 0 amide bonds. The van der Waals surface area contributed by atoms with E-state index in [1.165, 1.54) is 6.42 Å². The van der Waals surface area contributed by atoms with E-state index in [0.29, 0.717) is 38.7 Å². The third-order valence-corrected chi connectivity index (χ3v) is 7.63. The molecule has 0 aliphatic heterocycles. The molecule has 0 radical (unpaired) electrons. The van der Waals surface area contributed by atoms with Gasteiger partial charge in [-0.05, 0) is 68.3 Å². The number of hydrogen-bond donors (Lipinski definition) is 2. The number of esters is 1. The largest absolute Gasteiger partial charge is 0.466 e. The van der Waals surface area contributed by atoms with Crippen molar-refractivity contribution in [2.24, 2.45) is 17.8 Å². The fourth-order valence-corrected chi connectivity index (χ4v) is 5.68. The average molecular weight is 459 g/mol. The van der Waals surface area contributed by atoms with Crippen LogP contribution in [0.1, 0.15) is 103 Å². The molecule has 184 valence electrons. The molecule has 0 aromatic rings. The second-order valence-corrected chi connectivity index (χ2v) is 10.4. The van der Waals surface area contributed by atoms with Gasteiger partial charge in [-0.15, -0.1) is 0 Å². The zero-order chi connectivity index (χ0) is 23.7. The van der Waals surface area contributed by atoms with E-state index in [0.717, 1.165) is 56.9 Å². The van der Waals surface area contributed by atoms with Crippen molar-refractivity contribution in [3.05, 3.63) is 11.6 Å². The summed E-state index contributed by atoms with van der Waals surface area (Å²) in [7, 11) is 0. The molecule has 5 heteroatoms. The lowest BCUT2D eigenvalue weighted by atomic mass is 9.85. The molecule has 5 nitrogen and oxygen atoms in total. The summed E-state index contributed by atoms with van der Waals surface area (Å²) in [5.41, 5.74) is -0.216. The number of fused-ring (bicyclic) bond motifs is 1. The van der Waals surface area contributed by atoms with E-state index in [9.17, 15) is 19.8 Å². The molecular formula is C28H42O5. The Bertz CT molecular complexity index is 754. The van der Waals surface area contributed by atoms with Crippen molar-refractivity contribution < 1.29 is 24.5 Å². The Morgan fingerprint density at radius 2 is 1.91 bits per heavy atom. The van der Waals surface area contributed by atoms with Crippen LogP contribution in [-0.4, -0.2) is 40.3 Å². The van der Waals surface area contributed by atoms with Crippen LogP contribution in [0.2, 0.25) is 0 Å². The zero-order valence-corrected chi connectivity index (χ0v) is 20.3. The van der Waals surface area contributed by atoms with Crippen molar-refractivity contribution in [3.63, 3.8) is 0 Å². The van der Waals surface area contributed by atoms with Gasteiger partial charge in [0, 0.05) is 12.8 Å². The summed E-state index contributed by atoms with van der Waals surface area (Å²) in [6.45, 7) is 2.62. The number of carbonyl (C=O) groups is 2. The zero-order valence-electron chi connectivity index (χ0n) is 20.3. The van der Waals surface area contributed by atoms with Gasteiger partial charge >= 0.3 is 5.97 Å². The lowest BCUT2D eigenvalue weighted by Gasteiger charge is -2.24. The first-order valence-electron chi connectivity index (χ1n) is 13.2. The molecule has 3 rings (SSSR count). The first-order chi connectivity index (χ1) is 15.9. The Labute approximate surface area is 199 Å². The van der Waals surface area contributed by atoms with Crippen molar-refractivity contribution >= 4 is 11.8 Å². The van der Waals surface area contributed by atoms with E-state index in [1.807, 2.05) is 6.08 Å². The van der Waals surface area contributed by atoms with E-state index in [1.54, 1.807) is 0 Å². The maximum absolute atomic E-state index is 12.6. The van der Waals surface area contributed by atoms with Gasteiger partial charge in [-0.1, -0.05) is 63.4 Å². The molecule has 0 aromatic heterocycles. The number of aliphatic hydroxyl groups excluding tert-OH is 1. The van der Waals surface area contributed by atoms with Crippen LogP contribution in [-0.2, 0) is 14.3 Å². The molecule has 3 aliphatic rings. The number of ether oxygens (including phenoxy) is 1. The lowest BCUT2D eigenvalue weighted by Crippen LogP contribution is -2.26. The summed E-state index contributed by atoms with van der Waals surface area (Å²) in [4.78, 5) is 24.4. The molecule has 2 N–H and O–H groups in total. The molecule has 2 fully saturated rings. The number of unbranched alkanes of at least 4 members (excludes halogenated alkanes) is 3. The van der Waals surface area contributed by atoms with Crippen molar-refractivity contribution in [2.45, 2.75) is 115 Å². The van der Waals surface area contributed by atoms with Gasteiger partial charge in [0.05, 0.1) is 6.61 Å². The monoisotopic (exact) mass is 458 g/mol. The van der Waals surface area contributed by atoms with Gasteiger partial charge in [-0.2, -0.15) is 0 Å². The highest BCUT2D eigenvalue weighted by atomic mass is 16.5. The molecule has 3 unspecified atom stereocenters. The lowest BCUT2D eigenvalue weighted by molar-refractivity contribution is -0.143. The maximum atomic E-state index is 12.6. The van der Waals surface area contributed by atoms with Crippen molar-refractivity contribution in [3.8, 4) is 11.8 Å². The maximum Gasteiger partial charge on any atom is 0.305 e. The van der Waals surface area contributed by atoms with Crippen LogP contribution in [0.4, 0.5) is 0 Å². The highest BCUT2D eigenvalue weighted by Crippen LogP contribution is 2.48. The van der Waals surface area contributed by atoms with Crippen LogP contribution < -0.4 is 0 Å². The van der Waals surface area contributed by atoms with E-state index in [-0.39, 0.29) is 35.9 Å². The normalized spacial score (nSPS) is 27.9. The Balaban J connectivity index is 1.38. The molecule has 0 bridgehead atoms. The second kappa shape index (κ2) is 12.7. The number of ketones is 1. The first kappa shape index (κ1) is 26.0. The number of rotatable bonds is 11. The predicted molar refractivity (Wildman–Crippen MR) is 128 cm³/mol. The fourth-order valence-electron chi connectivity index (χ4n) is 5.68. The molecular weight excluding hydrogens is 416 g/mol. The molecule has 3 aliphatic carbocycles. The second-order valence-electron chi connectivity index (χ2n) is 10.4. The minimum Gasteiger partial charge on any atom is -0.466 e. The third-order valence-electron chi connectivity index (χ3n) is 7.63. The van der Waals surface area contributed by atoms with Gasteiger partial charge in [-0.3, -0.25) is 9.59 Å². The molecule has 0 saturated heterocycles. The topological polar surface area (TPSA) is 83.8 Å². The van der Waals surface area contributed by atoms with Gasteiger partial charge < -0.3 is 14.9 Å². The Morgan fingerprint density at radius 3 is 2.64 bits per heavy atom. The van der Waals surface area contributed by atoms with E-state index in [2.05, 4.69) is 18.8 Å². The SMILES string of the molecule is CCCCCCOC(=O)CCCC(=O)C1=CC2C[C@@](O)(C#CC(O)C3CCCCC3)CC2C1. The summed E-state index contributed by atoms with van der Waals surface area (Å²) in [5, 5.41) is 21.3. The van der Waals surface area contributed by atoms with Crippen molar-refractivity contribution in [2.75, 3.05) is 6.61 Å². The van der Waals surface area contributed by atoms with Crippen LogP contribution in [0.3, 0.4) is 0 Å². The molecule has 0 heterocycles. The fraction of sp³-hybridized carbons (Fsp3) is 0.786. The summed E-state index contributed by atoms with van der Waals surface area (Å²) in [6.07, 6.45) is 14.2. The molecule has 0 aromatic carbocycles. The first-order valence-corrected chi connectivity index (χ1v) is 13.2. The van der Waals surface area contributed by atoms with E-state index in [4.69, 9.17) is 4.74 Å². The predicted octanol–water partition coefficient (Wildman–Crippen LogP) is 4.88. The summed E-state index contributed by atoms with van der Waals surface area (Å²) >= 11 is 0. The highest BCUT2D eigenvalue weighted by Gasteiger charge is 2.45. The van der Waals surface area contributed by atoms with E-state index < -0.39 is 11.7 Å². The Kier molecular flexibility index (Phi) is 10.0. The van der Waals surface area contributed by atoms with Gasteiger partial charge in [-0.25, -0.2) is 0 Å². The van der Waals surface area contributed by atoms with Crippen molar-refractivity contribution in [1.82, 2.24) is 0 Å². The van der Waals surface area contributed by atoms with Gasteiger partial charge in [0.25, 0.3) is 0 Å². The number of hydrogen-bond acceptors (Lipinski definition) is 5. The van der Waals surface area contributed by atoms with Gasteiger partial charge in [0.1, 0.15) is 11.7 Å². The van der Waals surface area contributed by atoms with Gasteiger partial charge in [0.2, 0.25) is 0 Å². The van der Waals surface area contributed by atoms with Gasteiger partial charge in [0.15, 0.2) is 5.78 Å². The standard InChI is InChI=1S/C28H42O5/c1-2-3-4-8-16-33-27(31)13-9-12-25(29)22-17-23-19-28(32,20-24(23)18-22)15-14-26(30)21-10-6-5-7-11-21/h17,21,23-24,26,30,32H,2-13,16,18-20H2,1H3/t23?,24?,26?,28-/m0/s1. The smallest absolute Gasteiger partial charge is 0.305 e. The molecule has 2 saturated carbocycles. The minimum atomic E-state index is -1.06. The third kappa shape index (κ3) is 7.97. The van der Waals surface area contributed by atoms with Crippen LogP contribution >= 0.6 is 0 Å². The van der Waals surface area contributed by atoms with Crippen LogP contribution in [0.15, 0.2) is 11.6 Å². The average Bonchev–Trinajstić information content (AvgIpc) is 3.33. The van der Waals surface area contributed by atoms with E-state index >= 15 is 0 Å². The summed E-state index contributed by atoms with van der Waals surface area (Å²) in [6, 6.07) is 0. The quantitative estimate of drug-likeness (QED) is 0.262. The van der Waals surface area contributed by atoms with Crippen LogP contribution in [0.5, 0.6) is 0 Å². The molecule has 4 atom stereocenters. The summed E-state index contributed by atoms with van der Waals surface area (Å²) in [5.74, 6) is 6.48. The number of carbonyl (C=O) groups excluding carboxylic acids is 2. The molecule has 33 heavy (non-hydrogen) atoms. The minimum absolute atomic E-state index is 0.113. The number of allylic oxidation sites excluding steroid dienone is 2. The number of aliphatic hydroxyl groups is 2.